The molecular weight excluding hydrogens is 224 g/mol. The van der Waals surface area contributed by atoms with Gasteiger partial charge in [-0.3, -0.25) is 0 Å². The van der Waals surface area contributed by atoms with Crippen molar-refractivity contribution >= 4 is 5.71 Å². The molecule has 2 aliphatic rings. The third-order valence-corrected chi connectivity index (χ3v) is 5.53. The molecule has 0 amide bonds. The maximum atomic E-state index is 5.54. The third-order valence-electron chi connectivity index (χ3n) is 5.53. The van der Waals surface area contributed by atoms with Gasteiger partial charge in [0, 0.05) is 12.0 Å². The maximum absolute atomic E-state index is 5.54. The Hall–Kier alpha value is -0.570. The van der Waals surface area contributed by atoms with Crippen LogP contribution in [0.3, 0.4) is 0 Å². The molecule has 0 aliphatic heterocycles. The molecule has 0 aromatic rings. The summed E-state index contributed by atoms with van der Waals surface area (Å²) in [7, 11) is 4.18. The summed E-state index contributed by atoms with van der Waals surface area (Å²) in [6.07, 6.45) is 4.85. The van der Waals surface area contributed by atoms with Gasteiger partial charge in [-0.05, 0) is 51.1 Å². The summed E-state index contributed by atoms with van der Waals surface area (Å²) in [4.78, 5) is 7.72. The van der Waals surface area contributed by atoms with Crippen LogP contribution in [0.2, 0.25) is 0 Å². The fourth-order valence-corrected chi connectivity index (χ4v) is 3.64. The van der Waals surface area contributed by atoms with Crippen molar-refractivity contribution in [2.45, 2.75) is 46.5 Å². The number of fused-ring (bicyclic) bond motifs is 2. The second-order valence-electron chi connectivity index (χ2n) is 7.02. The second kappa shape index (κ2) is 4.84. The molecule has 0 saturated heterocycles. The molecular formula is C15H28N2O. The molecule has 18 heavy (non-hydrogen) atoms. The molecule has 2 bridgehead atoms. The van der Waals surface area contributed by atoms with Crippen LogP contribution < -0.4 is 0 Å². The molecule has 104 valence electrons. The molecule has 2 rings (SSSR count). The highest BCUT2D eigenvalue weighted by Crippen LogP contribution is 2.63. The topological polar surface area (TPSA) is 24.8 Å². The summed E-state index contributed by atoms with van der Waals surface area (Å²) < 4.78 is 0. The minimum absolute atomic E-state index is 0.277. The molecule has 0 spiro atoms. The number of oxime groups is 1. The summed E-state index contributed by atoms with van der Waals surface area (Å²) in [5.74, 6) is 0.812. The van der Waals surface area contributed by atoms with Crippen molar-refractivity contribution in [3.63, 3.8) is 0 Å². The molecule has 2 aliphatic carbocycles. The van der Waals surface area contributed by atoms with Crippen LogP contribution in [0.25, 0.3) is 0 Å². The van der Waals surface area contributed by atoms with Gasteiger partial charge in [0.2, 0.25) is 0 Å². The molecule has 0 N–H and O–H groups in total. The minimum atomic E-state index is 0.277. The van der Waals surface area contributed by atoms with Crippen molar-refractivity contribution in [1.82, 2.24) is 4.90 Å². The highest BCUT2D eigenvalue weighted by molar-refractivity contribution is 5.93. The smallest absolute Gasteiger partial charge is 0.118 e. The standard InChI is InChI=1S/C15H28N2O/c1-14(2)12-7-8-15(14,3)13(11-12)16-18-10-6-9-17(4)5/h12H,6-11H2,1-5H3/b16-13+/t12-,15+/m1/s1. The van der Waals surface area contributed by atoms with Crippen LogP contribution in [0.1, 0.15) is 46.5 Å². The van der Waals surface area contributed by atoms with Gasteiger partial charge in [-0.25, -0.2) is 0 Å². The highest BCUT2D eigenvalue weighted by Gasteiger charge is 2.60. The Kier molecular flexibility index (Phi) is 3.72. The van der Waals surface area contributed by atoms with Gasteiger partial charge >= 0.3 is 0 Å². The minimum Gasteiger partial charge on any atom is -0.396 e. The van der Waals surface area contributed by atoms with Crippen molar-refractivity contribution in [3.05, 3.63) is 0 Å². The lowest BCUT2D eigenvalue weighted by Crippen LogP contribution is -2.32. The Morgan fingerprint density at radius 1 is 1.33 bits per heavy atom. The van der Waals surface area contributed by atoms with Crippen molar-refractivity contribution < 1.29 is 4.84 Å². The second-order valence-corrected chi connectivity index (χ2v) is 7.02. The van der Waals surface area contributed by atoms with Gasteiger partial charge in [0.05, 0.1) is 5.71 Å². The summed E-state index contributed by atoms with van der Waals surface area (Å²) in [6.45, 7) is 8.99. The van der Waals surface area contributed by atoms with Crippen LogP contribution in [0.15, 0.2) is 5.16 Å². The summed E-state index contributed by atoms with van der Waals surface area (Å²) in [5, 5.41) is 4.47. The molecule has 2 saturated carbocycles. The zero-order chi connectivity index (χ0) is 13.4. The van der Waals surface area contributed by atoms with Gasteiger partial charge < -0.3 is 9.74 Å². The average Bonchev–Trinajstić information content (AvgIpc) is 2.61. The highest BCUT2D eigenvalue weighted by atomic mass is 16.6. The van der Waals surface area contributed by atoms with E-state index in [9.17, 15) is 0 Å². The van der Waals surface area contributed by atoms with E-state index in [0.29, 0.717) is 5.41 Å². The van der Waals surface area contributed by atoms with E-state index in [1.807, 2.05) is 0 Å². The van der Waals surface area contributed by atoms with E-state index in [4.69, 9.17) is 4.84 Å². The average molecular weight is 252 g/mol. The normalized spacial score (nSPS) is 35.7. The van der Waals surface area contributed by atoms with Gasteiger partial charge in [0.25, 0.3) is 0 Å². The van der Waals surface area contributed by atoms with Crippen molar-refractivity contribution in [1.29, 1.82) is 0 Å². The Bertz CT molecular complexity index is 335. The van der Waals surface area contributed by atoms with Gasteiger partial charge in [-0.1, -0.05) is 25.9 Å². The lowest BCUT2D eigenvalue weighted by atomic mass is 9.70. The monoisotopic (exact) mass is 252 g/mol. The summed E-state index contributed by atoms with van der Waals surface area (Å²) in [5.41, 5.74) is 1.99. The van der Waals surface area contributed by atoms with E-state index in [0.717, 1.165) is 31.9 Å². The number of rotatable bonds is 5. The predicted octanol–water partition coefficient (Wildman–Crippen LogP) is 3.16. The molecule has 2 atom stereocenters. The van der Waals surface area contributed by atoms with Crippen LogP contribution in [0.4, 0.5) is 0 Å². The molecule has 2 fully saturated rings. The van der Waals surface area contributed by atoms with Crippen LogP contribution in [0.5, 0.6) is 0 Å². The van der Waals surface area contributed by atoms with E-state index < -0.39 is 0 Å². The maximum Gasteiger partial charge on any atom is 0.118 e. The van der Waals surface area contributed by atoms with Gasteiger partial charge in [0.1, 0.15) is 6.61 Å². The zero-order valence-corrected chi connectivity index (χ0v) is 12.6. The Morgan fingerprint density at radius 3 is 2.56 bits per heavy atom. The summed E-state index contributed by atoms with van der Waals surface area (Å²) >= 11 is 0. The van der Waals surface area contributed by atoms with Gasteiger partial charge in [0.15, 0.2) is 0 Å². The fraction of sp³-hybridized carbons (Fsp3) is 0.933. The molecule has 0 unspecified atom stereocenters. The first-order chi connectivity index (χ1) is 8.38. The molecule has 0 aromatic carbocycles. The zero-order valence-electron chi connectivity index (χ0n) is 12.6. The number of hydrogen-bond donors (Lipinski definition) is 0. The molecule has 0 aromatic heterocycles. The van der Waals surface area contributed by atoms with E-state index >= 15 is 0 Å². The lowest BCUT2D eigenvalue weighted by Gasteiger charge is -2.34. The first-order valence-electron chi connectivity index (χ1n) is 7.22. The van der Waals surface area contributed by atoms with Crippen molar-refractivity contribution in [2.75, 3.05) is 27.2 Å². The largest absolute Gasteiger partial charge is 0.396 e. The van der Waals surface area contributed by atoms with Crippen molar-refractivity contribution in [3.8, 4) is 0 Å². The van der Waals surface area contributed by atoms with Gasteiger partial charge in [-0.2, -0.15) is 0 Å². The van der Waals surface area contributed by atoms with Crippen LogP contribution in [0, 0.1) is 16.7 Å². The van der Waals surface area contributed by atoms with Crippen LogP contribution in [-0.2, 0) is 4.84 Å². The third kappa shape index (κ3) is 2.18. The van der Waals surface area contributed by atoms with E-state index in [1.54, 1.807) is 0 Å². The predicted molar refractivity (Wildman–Crippen MR) is 75.8 cm³/mol. The van der Waals surface area contributed by atoms with Crippen LogP contribution in [-0.4, -0.2) is 37.9 Å². The molecule has 0 radical (unpaired) electrons. The first kappa shape index (κ1) is 13.9. The lowest BCUT2D eigenvalue weighted by molar-refractivity contribution is 0.128. The van der Waals surface area contributed by atoms with Gasteiger partial charge in [-0.15, -0.1) is 0 Å². The SMILES string of the molecule is CN(C)CCCO/N=C1\C[C@H]2CC[C@]1(C)C2(C)C. The number of nitrogens with zero attached hydrogens (tertiary/aromatic N) is 2. The Labute approximate surface area is 112 Å². The Balaban J connectivity index is 1.88. The molecule has 3 nitrogen and oxygen atoms in total. The van der Waals surface area contributed by atoms with E-state index in [2.05, 4.69) is 44.9 Å². The first-order valence-corrected chi connectivity index (χ1v) is 7.22. The van der Waals surface area contributed by atoms with Crippen molar-refractivity contribution in [2.24, 2.45) is 21.9 Å². The Morgan fingerprint density at radius 2 is 2.06 bits per heavy atom. The number of hydrogen-bond acceptors (Lipinski definition) is 3. The van der Waals surface area contributed by atoms with Crippen LogP contribution >= 0.6 is 0 Å². The summed E-state index contributed by atoms with van der Waals surface area (Å²) in [6, 6.07) is 0. The van der Waals surface area contributed by atoms with E-state index in [-0.39, 0.29) is 5.41 Å². The van der Waals surface area contributed by atoms with E-state index in [1.165, 1.54) is 18.6 Å². The quantitative estimate of drug-likeness (QED) is 0.554. The fourth-order valence-electron chi connectivity index (χ4n) is 3.64. The molecule has 3 heteroatoms. The molecule has 0 heterocycles.